The Kier molecular flexibility index (Phi) is 6.38. The molecule has 0 bridgehead atoms. The van der Waals surface area contributed by atoms with Crippen LogP contribution < -0.4 is 0 Å². The standard InChI is InChI=1S/C12H19NO2/c1-6-7-8-11(13(4)5)9-15-12(14)10(2)3/h6-8,11H,1-2,9H2,3-5H3. The lowest BCUT2D eigenvalue weighted by molar-refractivity contribution is -0.139. The Morgan fingerprint density at radius 1 is 1.53 bits per heavy atom. The Labute approximate surface area is 91.7 Å². The first-order chi connectivity index (χ1) is 6.99. The highest BCUT2D eigenvalue weighted by Gasteiger charge is 2.10. The van der Waals surface area contributed by atoms with Crippen LogP contribution in [0.1, 0.15) is 6.92 Å². The topological polar surface area (TPSA) is 29.5 Å². The molecule has 0 saturated carbocycles. The van der Waals surface area contributed by atoms with Crippen molar-refractivity contribution in [2.24, 2.45) is 0 Å². The lowest BCUT2D eigenvalue weighted by Crippen LogP contribution is -2.31. The Morgan fingerprint density at radius 3 is 2.53 bits per heavy atom. The van der Waals surface area contributed by atoms with Crippen LogP contribution >= 0.6 is 0 Å². The molecule has 0 heterocycles. The molecule has 0 aliphatic heterocycles. The van der Waals surface area contributed by atoms with E-state index < -0.39 is 0 Å². The highest BCUT2D eigenvalue weighted by atomic mass is 16.5. The zero-order valence-electron chi connectivity index (χ0n) is 9.69. The number of esters is 1. The predicted octanol–water partition coefficient (Wildman–Crippen LogP) is 1.78. The van der Waals surface area contributed by atoms with E-state index in [2.05, 4.69) is 13.2 Å². The Hall–Kier alpha value is -1.35. The van der Waals surface area contributed by atoms with Crippen LogP contribution in [-0.4, -0.2) is 37.6 Å². The maximum atomic E-state index is 11.2. The van der Waals surface area contributed by atoms with Gasteiger partial charge in [0.1, 0.15) is 6.61 Å². The van der Waals surface area contributed by atoms with Gasteiger partial charge in [0.05, 0.1) is 6.04 Å². The lowest BCUT2D eigenvalue weighted by Gasteiger charge is -2.20. The molecule has 0 aliphatic carbocycles. The van der Waals surface area contributed by atoms with Gasteiger partial charge in [-0.05, 0) is 21.0 Å². The van der Waals surface area contributed by atoms with Gasteiger partial charge in [-0.3, -0.25) is 4.90 Å². The van der Waals surface area contributed by atoms with E-state index in [1.807, 2.05) is 31.1 Å². The molecule has 0 saturated heterocycles. The van der Waals surface area contributed by atoms with Gasteiger partial charge in [0.15, 0.2) is 0 Å². The summed E-state index contributed by atoms with van der Waals surface area (Å²) in [6.07, 6.45) is 5.45. The van der Waals surface area contributed by atoms with Gasteiger partial charge in [-0.25, -0.2) is 4.79 Å². The molecule has 0 radical (unpaired) electrons. The largest absolute Gasteiger partial charge is 0.460 e. The summed E-state index contributed by atoms with van der Waals surface area (Å²) in [4.78, 5) is 13.1. The number of likely N-dealkylation sites (N-methyl/N-ethyl adjacent to an activating group) is 1. The second kappa shape index (κ2) is 7.01. The summed E-state index contributed by atoms with van der Waals surface area (Å²) in [5.41, 5.74) is 0.417. The maximum Gasteiger partial charge on any atom is 0.333 e. The van der Waals surface area contributed by atoms with Crippen molar-refractivity contribution in [1.29, 1.82) is 0 Å². The van der Waals surface area contributed by atoms with Crippen LogP contribution in [0.25, 0.3) is 0 Å². The third-order valence-corrected chi connectivity index (χ3v) is 1.87. The van der Waals surface area contributed by atoms with Crippen LogP contribution in [0.5, 0.6) is 0 Å². The van der Waals surface area contributed by atoms with E-state index in [4.69, 9.17) is 4.74 Å². The molecule has 0 aromatic heterocycles. The number of ether oxygens (including phenoxy) is 1. The molecule has 0 fully saturated rings. The first kappa shape index (κ1) is 13.7. The predicted molar refractivity (Wildman–Crippen MR) is 62.6 cm³/mol. The summed E-state index contributed by atoms with van der Waals surface area (Å²) in [6.45, 7) is 9.06. The maximum absolute atomic E-state index is 11.2. The molecule has 0 rings (SSSR count). The Bertz CT molecular complexity index is 267. The van der Waals surface area contributed by atoms with E-state index >= 15 is 0 Å². The van der Waals surface area contributed by atoms with Gasteiger partial charge in [0.2, 0.25) is 0 Å². The number of carbonyl (C=O) groups excluding carboxylic acids is 1. The van der Waals surface area contributed by atoms with Crippen LogP contribution in [0.3, 0.4) is 0 Å². The molecule has 0 aromatic carbocycles. The SMILES string of the molecule is C=CC=CC(COC(=O)C(=C)C)N(C)C. The summed E-state index contributed by atoms with van der Waals surface area (Å²) in [7, 11) is 3.85. The first-order valence-electron chi connectivity index (χ1n) is 4.77. The third kappa shape index (κ3) is 5.86. The van der Waals surface area contributed by atoms with E-state index in [0.717, 1.165) is 0 Å². The van der Waals surface area contributed by atoms with Crippen LogP contribution in [0.4, 0.5) is 0 Å². The molecule has 0 amide bonds. The number of allylic oxidation sites excluding steroid dienone is 2. The summed E-state index contributed by atoms with van der Waals surface area (Å²) < 4.78 is 5.06. The number of rotatable bonds is 6. The van der Waals surface area contributed by atoms with Gasteiger partial charge in [-0.2, -0.15) is 0 Å². The fraction of sp³-hybridized carbons (Fsp3) is 0.417. The number of nitrogens with zero attached hydrogens (tertiary/aromatic N) is 1. The fourth-order valence-electron chi connectivity index (χ4n) is 0.868. The van der Waals surface area contributed by atoms with E-state index in [-0.39, 0.29) is 12.0 Å². The average molecular weight is 209 g/mol. The molecule has 3 nitrogen and oxygen atoms in total. The lowest BCUT2D eigenvalue weighted by atomic mass is 10.2. The van der Waals surface area contributed by atoms with E-state index in [1.54, 1.807) is 13.0 Å². The first-order valence-corrected chi connectivity index (χ1v) is 4.77. The van der Waals surface area contributed by atoms with Crippen LogP contribution in [-0.2, 0) is 9.53 Å². The van der Waals surface area contributed by atoms with Crippen LogP contribution in [0.2, 0.25) is 0 Å². The second-order valence-corrected chi connectivity index (χ2v) is 3.53. The van der Waals surface area contributed by atoms with Crippen LogP contribution in [0.15, 0.2) is 37.0 Å². The highest BCUT2D eigenvalue weighted by Crippen LogP contribution is 2.00. The summed E-state index contributed by atoms with van der Waals surface area (Å²) >= 11 is 0. The van der Waals surface area contributed by atoms with Gasteiger partial charge in [0, 0.05) is 5.57 Å². The molecule has 0 aliphatic rings. The van der Waals surface area contributed by atoms with Gasteiger partial charge < -0.3 is 4.74 Å². The number of carbonyl (C=O) groups is 1. The van der Waals surface area contributed by atoms with Gasteiger partial charge >= 0.3 is 5.97 Å². The summed E-state index contributed by atoms with van der Waals surface area (Å²) in [6, 6.07) is 0.0614. The van der Waals surface area contributed by atoms with Crippen molar-refractivity contribution in [1.82, 2.24) is 4.90 Å². The smallest absolute Gasteiger partial charge is 0.333 e. The zero-order chi connectivity index (χ0) is 11.8. The van der Waals surface area contributed by atoms with E-state index in [0.29, 0.717) is 12.2 Å². The molecule has 1 unspecified atom stereocenters. The Morgan fingerprint density at radius 2 is 2.13 bits per heavy atom. The summed E-state index contributed by atoms with van der Waals surface area (Å²) in [5, 5.41) is 0. The monoisotopic (exact) mass is 209 g/mol. The average Bonchev–Trinajstić information content (AvgIpc) is 2.16. The molecular weight excluding hydrogens is 190 g/mol. The van der Waals surface area contributed by atoms with Crippen molar-refractivity contribution in [3.63, 3.8) is 0 Å². The molecule has 0 N–H and O–H groups in total. The minimum atomic E-state index is -0.353. The molecular formula is C12H19NO2. The highest BCUT2D eigenvalue weighted by molar-refractivity contribution is 5.86. The number of hydrogen-bond donors (Lipinski definition) is 0. The Balaban J connectivity index is 4.18. The quantitative estimate of drug-likeness (QED) is 0.379. The number of hydrogen-bond acceptors (Lipinski definition) is 3. The van der Waals surface area contributed by atoms with E-state index in [9.17, 15) is 4.79 Å². The molecule has 84 valence electrons. The molecule has 1 atom stereocenters. The van der Waals surface area contributed by atoms with Crippen molar-refractivity contribution >= 4 is 5.97 Å². The normalized spacial score (nSPS) is 12.8. The second-order valence-electron chi connectivity index (χ2n) is 3.53. The molecule has 15 heavy (non-hydrogen) atoms. The van der Waals surface area contributed by atoms with Crippen molar-refractivity contribution in [2.75, 3.05) is 20.7 Å². The summed E-state index contributed by atoms with van der Waals surface area (Å²) in [5.74, 6) is -0.353. The van der Waals surface area contributed by atoms with Crippen molar-refractivity contribution in [3.8, 4) is 0 Å². The fourth-order valence-corrected chi connectivity index (χ4v) is 0.868. The molecule has 3 heteroatoms. The van der Waals surface area contributed by atoms with Crippen molar-refractivity contribution in [3.05, 3.63) is 37.0 Å². The third-order valence-electron chi connectivity index (χ3n) is 1.87. The zero-order valence-corrected chi connectivity index (χ0v) is 9.69. The van der Waals surface area contributed by atoms with E-state index in [1.165, 1.54) is 0 Å². The molecule has 0 spiro atoms. The van der Waals surface area contributed by atoms with Crippen molar-refractivity contribution < 1.29 is 9.53 Å². The van der Waals surface area contributed by atoms with Gasteiger partial charge in [-0.15, -0.1) is 0 Å². The van der Waals surface area contributed by atoms with Crippen LogP contribution in [0, 0.1) is 0 Å². The minimum absolute atomic E-state index is 0.0614. The molecule has 0 aromatic rings. The minimum Gasteiger partial charge on any atom is -0.460 e. The van der Waals surface area contributed by atoms with Gasteiger partial charge in [-0.1, -0.05) is 31.4 Å². The van der Waals surface area contributed by atoms with Crippen molar-refractivity contribution in [2.45, 2.75) is 13.0 Å². The van der Waals surface area contributed by atoms with Gasteiger partial charge in [0.25, 0.3) is 0 Å².